The molecule has 3 aromatic carbocycles. The van der Waals surface area contributed by atoms with Gasteiger partial charge in [0.2, 0.25) is 0 Å². The molecule has 198 valence electrons. The van der Waals surface area contributed by atoms with Crippen molar-refractivity contribution in [1.29, 1.82) is 0 Å². The molecule has 9 heteroatoms. The minimum atomic E-state index is -0.0766. The number of hydrogen-bond acceptors (Lipinski definition) is 7. The van der Waals surface area contributed by atoms with E-state index in [1.165, 1.54) is 11.3 Å². The maximum Gasteiger partial charge on any atom is 0.266 e. The molecule has 0 saturated heterocycles. The SMILES string of the molecule is COc1ccc(CN(C(=O)c2sc3ccccc3c2Cl)C2CCC(N)CC2)cc1-c1cccc(N(O)O)c1. The first-order valence-electron chi connectivity index (χ1n) is 12.5. The number of rotatable bonds is 7. The average Bonchev–Trinajstić information content (AvgIpc) is 3.28. The molecule has 1 aliphatic carbocycles. The van der Waals surface area contributed by atoms with Gasteiger partial charge in [0.15, 0.2) is 0 Å². The lowest BCUT2D eigenvalue weighted by atomic mass is 9.90. The Bertz CT molecular complexity index is 1450. The van der Waals surface area contributed by atoms with Gasteiger partial charge < -0.3 is 15.4 Å². The molecule has 5 rings (SSSR count). The number of fused-ring (bicyclic) bond motifs is 1. The summed E-state index contributed by atoms with van der Waals surface area (Å²) in [7, 11) is 1.59. The zero-order chi connectivity index (χ0) is 26.8. The average molecular weight is 552 g/mol. The third kappa shape index (κ3) is 5.36. The molecule has 1 heterocycles. The van der Waals surface area contributed by atoms with Crippen molar-refractivity contribution in [2.24, 2.45) is 5.73 Å². The number of ether oxygens (including phenoxy) is 1. The number of thiophene rings is 1. The van der Waals surface area contributed by atoms with Crippen LogP contribution in [0, 0.1) is 0 Å². The summed E-state index contributed by atoms with van der Waals surface area (Å²) < 4.78 is 6.59. The van der Waals surface area contributed by atoms with E-state index in [1.807, 2.05) is 53.4 Å². The van der Waals surface area contributed by atoms with Crippen LogP contribution in [0.4, 0.5) is 5.69 Å². The van der Waals surface area contributed by atoms with Gasteiger partial charge in [-0.25, -0.2) is 0 Å². The number of nitrogens with zero attached hydrogens (tertiary/aromatic N) is 2. The molecule has 38 heavy (non-hydrogen) atoms. The third-order valence-corrected chi connectivity index (χ3v) is 8.84. The summed E-state index contributed by atoms with van der Waals surface area (Å²) >= 11 is 8.15. The first-order chi connectivity index (χ1) is 18.4. The van der Waals surface area contributed by atoms with Gasteiger partial charge in [0.05, 0.1) is 17.8 Å². The summed E-state index contributed by atoms with van der Waals surface area (Å²) in [5.41, 5.74) is 8.88. The first-order valence-corrected chi connectivity index (χ1v) is 13.7. The van der Waals surface area contributed by atoms with Gasteiger partial charge in [-0.15, -0.1) is 16.6 Å². The number of benzene rings is 3. The summed E-state index contributed by atoms with van der Waals surface area (Å²) in [4.78, 5) is 16.5. The van der Waals surface area contributed by atoms with Gasteiger partial charge in [-0.3, -0.25) is 15.2 Å². The predicted octanol–water partition coefficient (Wildman–Crippen LogP) is 6.73. The third-order valence-electron chi connectivity index (χ3n) is 7.18. The van der Waals surface area contributed by atoms with Crippen LogP contribution in [0.3, 0.4) is 0 Å². The smallest absolute Gasteiger partial charge is 0.266 e. The van der Waals surface area contributed by atoms with Crippen molar-refractivity contribution in [2.75, 3.05) is 12.3 Å². The van der Waals surface area contributed by atoms with E-state index >= 15 is 0 Å². The lowest BCUT2D eigenvalue weighted by Crippen LogP contribution is -2.43. The molecule has 1 fully saturated rings. The number of anilines is 1. The monoisotopic (exact) mass is 551 g/mol. The first kappa shape index (κ1) is 26.5. The maximum atomic E-state index is 14.1. The minimum absolute atomic E-state index is 0.0507. The van der Waals surface area contributed by atoms with Gasteiger partial charge in [-0.05, 0) is 67.1 Å². The fourth-order valence-electron chi connectivity index (χ4n) is 5.14. The molecule has 4 aromatic rings. The molecule has 1 aromatic heterocycles. The number of hydrogen-bond donors (Lipinski definition) is 3. The molecule has 7 nitrogen and oxygen atoms in total. The summed E-state index contributed by atoms with van der Waals surface area (Å²) in [5, 5.41) is 20.5. The second-order valence-corrected chi connectivity index (χ2v) is 11.0. The molecular formula is C29H30ClN3O4S. The maximum absolute atomic E-state index is 14.1. The molecule has 0 spiro atoms. The highest BCUT2D eigenvalue weighted by Crippen LogP contribution is 2.38. The molecule has 0 bridgehead atoms. The highest BCUT2D eigenvalue weighted by molar-refractivity contribution is 7.21. The van der Waals surface area contributed by atoms with Crippen LogP contribution in [-0.2, 0) is 6.54 Å². The Hall–Kier alpha value is -3.14. The van der Waals surface area contributed by atoms with Gasteiger partial charge in [-0.2, -0.15) is 0 Å². The Kier molecular flexibility index (Phi) is 7.88. The molecule has 0 unspecified atom stereocenters. The fourth-order valence-corrected chi connectivity index (χ4v) is 6.60. The number of methoxy groups -OCH3 is 1. The highest BCUT2D eigenvalue weighted by Gasteiger charge is 2.31. The van der Waals surface area contributed by atoms with Crippen molar-refractivity contribution in [3.63, 3.8) is 0 Å². The van der Waals surface area contributed by atoms with Crippen molar-refractivity contribution < 1.29 is 19.9 Å². The summed E-state index contributed by atoms with van der Waals surface area (Å²) in [6, 6.07) is 20.7. The summed E-state index contributed by atoms with van der Waals surface area (Å²) in [5.74, 6) is 0.564. The van der Waals surface area contributed by atoms with E-state index in [4.69, 9.17) is 22.1 Å². The second-order valence-electron chi connectivity index (χ2n) is 9.62. The highest BCUT2D eigenvalue weighted by atomic mass is 35.5. The largest absolute Gasteiger partial charge is 0.496 e. The second kappa shape index (κ2) is 11.3. The topological polar surface area (TPSA) is 99.3 Å². The number of amides is 1. The molecule has 1 amide bonds. The van der Waals surface area contributed by atoms with Crippen LogP contribution < -0.4 is 15.7 Å². The number of nitrogens with two attached hydrogens (primary N) is 1. The van der Waals surface area contributed by atoms with Gasteiger partial charge in [0.25, 0.3) is 5.91 Å². The van der Waals surface area contributed by atoms with E-state index in [0.717, 1.165) is 52.5 Å². The molecule has 1 aliphatic rings. The zero-order valence-electron chi connectivity index (χ0n) is 21.0. The number of carbonyl (C=O) groups excluding carboxylic acids is 1. The molecular weight excluding hydrogens is 522 g/mol. The summed E-state index contributed by atoms with van der Waals surface area (Å²) in [6.07, 6.45) is 3.41. The Morgan fingerprint density at radius 1 is 1.05 bits per heavy atom. The lowest BCUT2D eigenvalue weighted by Gasteiger charge is -2.36. The Morgan fingerprint density at radius 3 is 2.53 bits per heavy atom. The molecule has 0 atom stereocenters. The van der Waals surface area contributed by atoms with Crippen LogP contribution >= 0.6 is 22.9 Å². The fraction of sp³-hybridized carbons (Fsp3) is 0.276. The lowest BCUT2D eigenvalue weighted by molar-refractivity contribution is 0.0291. The Morgan fingerprint density at radius 2 is 1.82 bits per heavy atom. The van der Waals surface area contributed by atoms with Crippen LogP contribution in [0.5, 0.6) is 5.75 Å². The van der Waals surface area contributed by atoms with Crippen molar-refractivity contribution >= 4 is 44.6 Å². The minimum Gasteiger partial charge on any atom is -0.496 e. The van der Waals surface area contributed by atoms with Gasteiger partial charge in [0.1, 0.15) is 10.6 Å². The van der Waals surface area contributed by atoms with E-state index in [2.05, 4.69) is 0 Å². The van der Waals surface area contributed by atoms with Crippen LogP contribution in [0.1, 0.15) is 40.9 Å². The number of halogens is 1. The molecule has 1 saturated carbocycles. The Labute approximate surface area is 230 Å². The van der Waals surface area contributed by atoms with Crippen molar-refractivity contribution in [3.8, 4) is 16.9 Å². The molecule has 0 aliphatic heterocycles. The van der Waals surface area contributed by atoms with Crippen molar-refractivity contribution in [2.45, 2.75) is 44.3 Å². The van der Waals surface area contributed by atoms with E-state index in [1.54, 1.807) is 25.3 Å². The van der Waals surface area contributed by atoms with E-state index in [0.29, 0.717) is 22.2 Å². The quantitative estimate of drug-likeness (QED) is 0.220. The number of carbonyl (C=O) groups is 1. The van der Waals surface area contributed by atoms with E-state index in [-0.39, 0.29) is 28.9 Å². The van der Waals surface area contributed by atoms with Gasteiger partial charge in [0, 0.05) is 34.3 Å². The van der Waals surface area contributed by atoms with Crippen molar-refractivity contribution in [3.05, 3.63) is 82.2 Å². The molecule has 4 N–H and O–H groups in total. The van der Waals surface area contributed by atoms with E-state index in [9.17, 15) is 15.2 Å². The Balaban J connectivity index is 1.52. The predicted molar refractivity (Wildman–Crippen MR) is 151 cm³/mol. The van der Waals surface area contributed by atoms with Crippen LogP contribution in [0.2, 0.25) is 5.02 Å². The summed E-state index contributed by atoms with van der Waals surface area (Å²) in [6.45, 7) is 0.395. The standard InChI is InChI=1S/C29H30ClN3O4S/c1-37-25-14-9-18(15-24(25)19-5-4-6-22(16-19)33(35)36)17-32(21-12-10-20(31)11-13-21)29(34)28-27(30)23-7-2-3-8-26(23)38-28/h2-9,14-16,20-21,35-36H,10-13,17,31H2,1H3. The van der Waals surface area contributed by atoms with E-state index < -0.39 is 0 Å². The molecule has 0 radical (unpaired) electrons. The normalized spacial score (nSPS) is 17.4. The van der Waals surface area contributed by atoms with Crippen molar-refractivity contribution in [1.82, 2.24) is 4.90 Å². The van der Waals surface area contributed by atoms with Gasteiger partial charge in [-0.1, -0.05) is 48.0 Å². The van der Waals surface area contributed by atoms with Crippen LogP contribution in [0.15, 0.2) is 66.7 Å². The van der Waals surface area contributed by atoms with Gasteiger partial charge >= 0.3 is 0 Å². The zero-order valence-corrected chi connectivity index (χ0v) is 22.6. The van der Waals surface area contributed by atoms with Crippen LogP contribution in [0.25, 0.3) is 21.2 Å². The van der Waals surface area contributed by atoms with Crippen LogP contribution in [-0.4, -0.2) is 40.4 Å².